The lowest BCUT2D eigenvalue weighted by Crippen LogP contribution is -2.37. The van der Waals surface area contributed by atoms with Gasteiger partial charge in [-0.15, -0.1) is 0 Å². The molecule has 4 heterocycles. The molecule has 1 aromatic carbocycles. The Bertz CT molecular complexity index is 1260. The lowest BCUT2D eigenvalue weighted by Gasteiger charge is -2.28. The van der Waals surface area contributed by atoms with Gasteiger partial charge in [-0.3, -0.25) is 14.6 Å². The first-order valence-electron chi connectivity index (χ1n) is 10.6. The number of rotatable bonds is 6. The number of carbonyl (C=O) groups is 2. The van der Waals surface area contributed by atoms with Gasteiger partial charge in [0.25, 0.3) is 5.91 Å². The van der Waals surface area contributed by atoms with Crippen molar-refractivity contribution in [1.29, 1.82) is 0 Å². The number of methoxy groups -OCH3 is 1. The Kier molecular flexibility index (Phi) is 5.55. The average Bonchev–Trinajstić information content (AvgIpc) is 3.54. The second kappa shape index (κ2) is 8.53. The number of aliphatic hydroxyl groups is 1. The summed E-state index contributed by atoms with van der Waals surface area (Å²) in [6.45, 7) is 0.861. The maximum absolute atomic E-state index is 13.6. The lowest BCUT2D eigenvalue weighted by molar-refractivity contribution is -0.131. The number of Topliss-reactive ketones (excluding diaryl/α,β-unsaturated/α-hetero) is 1. The maximum Gasteiger partial charge on any atom is 0.290 e. The summed E-state index contributed by atoms with van der Waals surface area (Å²) in [5.74, 6) is -1.53. The van der Waals surface area contributed by atoms with Crippen LogP contribution in [0, 0.1) is 0 Å². The number of furan rings is 1. The zero-order valence-electron chi connectivity index (χ0n) is 17.8. The highest BCUT2D eigenvalue weighted by atomic mass is 35.5. The minimum absolute atomic E-state index is 0.0418. The molecule has 2 aliphatic rings. The number of carbonyl (C=O) groups excluding carboxylic acids is 2. The van der Waals surface area contributed by atoms with Gasteiger partial charge in [0.2, 0.25) is 5.78 Å². The monoisotopic (exact) mass is 468 g/mol. The van der Waals surface area contributed by atoms with Crippen molar-refractivity contribution in [2.45, 2.75) is 25.0 Å². The van der Waals surface area contributed by atoms with Crippen molar-refractivity contribution in [3.8, 4) is 5.75 Å². The molecule has 2 aromatic heterocycles. The van der Waals surface area contributed by atoms with Gasteiger partial charge in [0.15, 0.2) is 22.9 Å². The molecule has 2 atom stereocenters. The largest absolute Gasteiger partial charge is 0.503 e. The van der Waals surface area contributed by atoms with E-state index in [1.54, 1.807) is 36.5 Å². The third kappa shape index (κ3) is 3.75. The summed E-state index contributed by atoms with van der Waals surface area (Å²) < 4.78 is 16.8. The van der Waals surface area contributed by atoms with Crippen LogP contribution in [0.15, 0.2) is 58.3 Å². The molecule has 3 aromatic rings. The predicted octanol–water partition coefficient (Wildman–Crippen LogP) is 4.25. The third-order valence-corrected chi connectivity index (χ3v) is 6.15. The molecule has 8 nitrogen and oxygen atoms in total. The molecule has 5 rings (SSSR count). The van der Waals surface area contributed by atoms with Crippen molar-refractivity contribution in [3.63, 3.8) is 0 Å². The van der Waals surface area contributed by atoms with E-state index in [1.807, 2.05) is 0 Å². The van der Waals surface area contributed by atoms with Crippen molar-refractivity contribution in [2.24, 2.45) is 0 Å². The standard InChI is InChI=1S/C24H21ClN2O6/c1-31-18-11-14(25)9-13-10-17(33-23(13)18)21(28)19-20(16-6-2-3-7-26-16)27(24(30)22(19)29)12-15-5-4-8-32-15/h2-3,6-7,9-11,15,20,29H,4-5,8,12H2,1H3. The van der Waals surface area contributed by atoms with E-state index in [0.29, 0.717) is 34.0 Å². The molecule has 1 amide bonds. The molecular formula is C24H21ClN2O6. The molecule has 170 valence electrons. The van der Waals surface area contributed by atoms with Crippen LogP contribution < -0.4 is 4.74 Å². The fourth-order valence-electron chi connectivity index (χ4n) is 4.41. The number of aromatic nitrogens is 1. The van der Waals surface area contributed by atoms with Gasteiger partial charge in [-0.1, -0.05) is 17.7 Å². The topological polar surface area (TPSA) is 102 Å². The van der Waals surface area contributed by atoms with Crippen LogP contribution in [0.4, 0.5) is 0 Å². The molecule has 0 bridgehead atoms. The summed E-state index contributed by atoms with van der Waals surface area (Å²) in [7, 11) is 1.47. The van der Waals surface area contributed by atoms with Crippen LogP contribution in [0.2, 0.25) is 5.02 Å². The summed E-state index contributed by atoms with van der Waals surface area (Å²) in [5.41, 5.74) is 0.731. The van der Waals surface area contributed by atoms with Gasteiger partial charge in [-0.2, -0.15) is 0 Å². The highest BCUT2D eigenvalue weighted by molar-refractivity contribution is 6.31. The molecule has 2 unspecified atom stereocenters. The van der Waals surface area contributed by atoms with E-state index in [0.717, 1.165) is 12.8 Å². The van der Waals surface area contributed by atoms with E-state index in [2.05, 4.69) is 4.98 Å². The zero-order chi connectivity index (χ0) is 23.1. The van der Waals surface area contributed by atoms with E-state index >= 15 is 0 Å². The molecule has 1 N–H and O–H groups in total. The van der Waals surface area contributed by atoms with Crippen LogP contribution in [-0.2, 0) is 9.53 Å². The fourth-order valence-corrected chi connectivity index (χ4v) is 4.63. The van der Waals surface area contributed by atoms with Gasteiger partial charge in [-0.05, 0) is 37.1 Å². The van der Waals surface area contributed by atoms with Crippen molar-refractivity contribution < 1.29 is 28.6 Å². The van der Waals surface area contributed by atoms with E-state index in [9.17, 15) is 14.7 Å². The molecule has 33 heavy (non-hydrogen) atoms. The van der Waals surface area contributed by atoms with E-state index in [-0.39, 0.29) is 24.0 Å². The number of hydrogen-bond acceptors (Lipinski definition) is 7. The molecule has 0 spiro atoms. The van der Waals surface area contributed by atoms with Crippen molar-refractivity contribution in [1.82, 2.24) is 9.88 Å². The smallest absolute Gasteiger partial charge is 0.290 e. The predicted molar refractivity (Wildman–Crippen MR) is 119 cm³/mol. The Labute approximate surface area is 194 Å². The second-order valence-corrected chi connectivity index (χ2v) is 8.41. The van der Waals surface area contributed by atoms with Crippen molar-refractivity contribution in [2.75, 3.05) is 20.3 Å². The molecule has 0 aliphatic carbocycles. The first kappa shape index (κ1) is 21.5. The zero-order valence-corrected chi connectivity index (χ0v) is 18.5. The highest BCUT2D eigenvalue weighted by Gasteiger charge is 2.46. The Balaban J connectivity index is 1.58. The van der Waals surface area contributed by atoms with Gasteiger partial charge >= 0.3 is 0 Å². The number of nitrogens with zero attached hydrogens (tertiary/aromatic N) is 2. The van der Waals surface area contributed by atoms with Crippen LogP contribution in [0.25, 0.3) is 11.0 Å². The molecule has 9 heteroatoms. The molecule has 1 fully saturated rings. The van der Waals surface area contributed by atoms with Gasteiger partial charge in [0.05, 0.1) is 24.5 Å². The molecule has 1 saturated heterocycles. The summed E-state index contributed by atoms with van der Waals surface area (Å²) >= 11 is 6.14. The number of fused-ring (bicyclic) bond motifs is 1. The quantitative estimate of drug-likeness (QED) is 0.539. The minimum Gasteiger partial charge on any atom is -0.503 e. The van der Waals surface area contributed by atoms with Gasteiger partial charge in [0.1, 0.15) is 6.04 Å². The Morgan fingerprint density at radius 1 is 1.33 bits per heavy atom. The number of hydrogen-bond donors (Lipinski definition) is 1. The molecular weight excluding hydrogens is 448 g/mol. The van der Waals surface area contributed by atoms with Gasteiger partial charge in [0, 0.05) is 35.8 Å². The lowest BCUT2D eigenvalue weighted by atomic mass is 9.98. The normalized spacial score (nSPS) is 20.8. The number of aliphatic hydroxyl groups excluding tert-OH is 1. The van der Waals surface area contributed by atoms with E-state index in [1.165, 1.54) is 18.1 Å². The van der Waals surface area contributed by atoms with Crippen LogP contribution >= 0.6 is 11.6 Å². The average molecular weight is 469 g/mol. The minimum atomic E-state index is -0.867. The summed E-state index contributed by atoms with van der Waals surface area (Å²) in [5, 5.41) is 11.8. The number of ether oxygens (including phenoxy) is 2. The SMILES string of the molecule is COc1cc(Cl)cc2cc(C(=O)C3=C(O)C(=O)N(CC4CCCO4)C3c3ccccn3)oc12. The van der Waals surface area contributed by atoms with Crippen LogP contribution in [0.3, 0.4) is 0 Å². The van der Waals surface area contributed by atoms with Gasteiger partial charge in [-0.25, -0.2) is 0 Å². The number of pyridine rings is 1. The van der Waals surface area contributed by atoms with Crippen molar-refractivity contribution >= 4 is 34.3 Å². The number of amides is 1. The first-order valence-corrected chi connectivity index (χ1v) is 10.9. The second-order valence-electron chi connectivity index (χ2n) is 7.98. The summed E-state index contributed by atoms with van der Waals surface area (Å²) in [4.78, 5) is 32.5. The number of halogens is 1. The fraction of sp³-hybridized carbons (Fsp3) is 0.292. The van der Waals surface area contributed by atoms with E-state index in [4.69, 9.17) is 25.5 Å². The summed E-state index contributed by atoms with van der Waals surface area (Å²) in [6, 6.07) is 9.11. The van der Waals surface area contributed by atoms with E-state index < -0.39 is 23.5 Å². The Hall–Kier alpha value is -3.36. The molecule has 0 radical (unpaired) electrons. The Morgan fingerprint density at radius 2 is 2.18 bits per heavy atom. The maximum atomic E-state index is 13.6. The van der Waals surface area contributed by atoms with Crippen LogP contribution in [-0.4, -0.2) is 53.0 Å². The highest BCUT2D eigenvalue weighted by Crippen LogP contribution is 2.40. The Morgan fingerprint density at radius 3 is 2.88 bits per heavy atom. The number of benzene rings is 1. The van der Waals surface area contributed by atoms with Crippen LogP contribution in [0.1, 0.15) is 35.1 Å². The van der Waals surface area contributed by atoms with Gasteiger partial charge < -0.3 is 23.9 Å². The van der Waals surface area contributed by atoms with Crippen LogP contribution in [0.5, 0.6) is 5.75 Å². The number of ketones is 1. The summed E-state index contributed by atoms with van der Waals surface area (Å²) in [6.07, 6.45) is 3.11. The molecule has 0 saturated carbocycles. The third-order valence-electron chi connectivity index (χ3n) is 5.93. The first-order chi connectivity index (χ1) is 16.0. The molecule has 2 aliphatic heterocycles. The van der Waals surface area contributed by atoms with Crippen molar-refractivity contribution in [3.05, 3.63) is 70.4 Å².